The molecule has 0 saturated carbocycles. The second-order valence-electron chi connectivity index (χ2n) is 11.2. The molecule has 7 nitrogen and oxygen atoms in total. The lowest BCUT2D eigenvalue weighted by Gasteiger charge is -2.30. The third kappa shape index (κ3) is 4.88. The number of hydrogen-bond donors (Lipinski definition) is 1. The lowest BCUT2D eigenvalue weighted by molar-refractivity contribution is 0.0735. The Morgan fingerprint density at radius 3 is 2.53 bits per heavy atom. The van der Waals surface area contributed by atoms with E-state index in [0.29, 0.717) is 25.2 Å². The number of nitrogens with one attached hydrogen (secondary N) is 1. The van der Waals surface area contributed by atoms with Gasteiger partial charge in [0.2, 0.25) is 0 Å². The number of piperazine rings is 1. The van der Waals surface area contributed by atoms with E-state index in [1.54, 1.807) is 11.3 Å². The predicted octanol–water partition coefficient (Wildman–Crippen LogP) is 4.51. The number of Topliss-reactive ketones (excluding diaryl/α,β-unsaturated/α-hetero) is 1. The van der Waals surface area contributed by atoms with Gasteiger partial charge in [0, 0.05) is 62.4 Å². The number of thiophene rings is 1. The Bertz CT molecular complexity index is 1370. The first-order valence-electron chi connectivity index (χ1n) is 13.5. The number of ether oxygens (including phenoxy) is 1. The molecule has 0 radical (unpaired) electrons. The fraction of sp³-hybridized carbons (Fsp3) is 0.433. The first kappa shape index (κ1) is 25.2. The number of morpholine rings is 1. The minimum absolute atomic E-state index is 0.0618. The summed E-state index contributed by atoms with van der Waals surface area (Å²) >= 11 is 1.62. The van der Waals surface area contributed by atoms with Crippen LogP contribution in [0.25, 0.3) is 22.5 Å². The summed E-state index contributed by atoms with van der Waals surface area (Å²) in [6.45, 7) is 10.4. The van der Waals surface area contributed by atoms with Crippen LogP contribution < -0.4 is 10.2 Å². The number of amides is 1. The van der Waals surface area contributed by atoms with Gasteiger partial charge in [-0.05, 0) is 41.7 Å². The molecule has 0 bridgehead atoms. The van der Waals surface area contributed by atoms with Crippen molar-refractivity contribution in [2.45, 2.75) is 26.7 Å². The molecule has 0 unspecified atom stereocenters. The van der Waals surface area contributed by atoms with Crippen LogP contribution in [0.2, 0.25) is 0 Å². The van der Waals surface area contributed by atoms with Crippen molar-refractivity contribution in [3.63, 3.8) is 0 Å². The van der Waals surface area contributed by atoms with Gasteiger partial charge in [-0.15, -0.1) is 11.3 Å². The molecular weight excluding hydrogens is 496 g/mol. The molecule has 1 aliphatic carbocycles. The summed E-state index contributed by atoms with van der Waals surface area (Å²) in [7, 11) is 0. The minimum atomic E-state index is -0.0849. The van der Waals surface area contributed by atoms with Gasteiger partial charge in [0.05, 0.1) is 29.5 Å². The Morgan fingerprint density at radius 2 is 1.74 bits per heavy atom. The highest BCUT2D eigenvalue weighted by Crippen LogP contribution is 2.49. The number of carbonyl (C=O) groups excluding carboxylic acids is 2. The van der Waals surface area contributed by atoms with Crippen LogP contribution in [0.5, 0.6) is 0 Å². The second-order valence-corrected chi connectivity index (χ2v) is 12.2. The van der Waals surface area contributed by atoms with E-state index in [4.69, 9.17) is 9.72 Å². The lowest BCUT2D eigenvalue weighted by Crippen LogP contribution is -2.46. The highest BCUT2D eigenvalue weighted by molar-refractivity contribution is 7.19. The second kappa shape index (κ2) is 10.2. The summed E-state index contributed by atoms with van der Waals surface area (Å²) in [6, 6.07) is 13.9. The van der Waals surface area contributed by atoms with Gasteiger partial charge in [-0.2, -0.15) is 0 Å². The maximum absolute atomic E-state index is 13.2. The van der Waals surface area contributed by atoms with Crippen molar-refractivity contribution in [3.8, 4) is 22.5 Å². The summed E-state index contributed by atoms with van der Waals surface area (Å²) in [5, 5.41) is 4.42. The molecular formula is C30H34N4O3S. The smallest absolute Gasteiger partial charge is 0.253 e. The SMILES string of the molecule is CC1(C)CC(=O)c2sc(N3CCOCC3)c(-c3cccc(-c4cccc(C(=O)N5CCNCC5)c4)n3)c2C1. The number of anilines is 1. The van der Waals surface area contributed by atoms with Gasteiger partial charge in [0.1, 0.15) is 5.00 Å². The summed E-state index contributed by atoms with van der Waals surface area (Å²) in [5.41, 5.74) is 5.44. The summed E-state index contributed by atoms with van der Waals surface area (Å²) < 4.78 is 5.62. The van der Waals surface area contributed by atoms with Crippen molar-refractivity contribution in [3.05, 3.63) is 58.5 Å². The van der Waals surface area contributed by atoms with E-state index in [2.05, 4.69) is 30.1 Å². The van der Waals surface area contributed by atoms with Crippen LogP contribution in [0, 0.1) is 5.41 Å². The van der Waals surface area contributed by atoms with Crippen LogP contribution in [0.4, 0.5) is 5.00 Å². The molecule has 198 valence electrons. The van der Waals surface area contributed by atoms with Crippen LogP contribution in [0.15, 0.2) is 42.5 Å². The number of pyridine rings is 1. The zero-order chi connectivity index (χ0) is 26.3. The Morgan fingerprint density at radius 1 is 1.00 bits per heavy atom. The van der Waals surface area contributed by atoms with Crippen LogP contribution in [0.3, 0.4) is 0 Å². The number of aromatic nitrogens is 1. The minimum Gasteiger partial charge on any atom is -0.378 e. The van der Waals surface area contributed by atoms with E-state index in [1.165, 1.54) is 0 Å². The maximum Gasteiger partial charge on any atom is 0.253 e. The van der Waals surface area contributed by atoms with Crippen LogP contribution >= 0.6 is 11.3 Å². The molecule has 2 aromatic heterocycles. The third-order valence-corrected chi connectivity index (χ3v) is 8.98. The van der Waals surface area contributed by atoms with Gasteiger partial charge in [-0.3, -0.25) is 9.59 Å². The Kier molecular flexibility index (Phi) is 6.80. The fourth-order valence-electron chi connectivity index (χ4n) is 5.75. The first-order valence-corrected chi connectivity index (χ1v) is 14.3. The number of hydrogen-bond acceptors (Lipinski definition) is 7. The van der Waals surface area contributed by atoms with Crippen molar-refractivity contribution in [1.29, 1.82) is 0 Å². The molecule has 0 spiro atoms. The maximum atomic E-state index is 13.2. The van der Waals surface area contributed by atoms with Crippen LogP contribution in [-0.4, -0.2) is 74.1 Å². The van der Waals surface area contributed by atoms with Crippen LogP contribution in [-0.2, 0) is 11.2 Å². The molecule has 1 aromatic carbocycles. The van der Waals surface area contributed by atoms with Crippen molar-refractivity contribution < 1.29 is 14.3 Å². The summed E-state index contributed by atoms with van der Waals surface area (Å²) in [5.74, 6) is 0.295. The number of carbonyl (C=O) groups is 2. The van der Waals surface area contributed by atoms with Crippen molar-refractivity contribution in [2.75, 3.05) is 57.4 Å². The highest BCUT2D eigenvalue weighted by Gasteiger charge is 2.37. The van der Waals surface area contributed by atoms with E-state index in [-0.39, 0.29) is 17.1 Å². The zero-order valence-electron chi connectivity index (χ0n) is 22.1. The average molecular weight is 531 g/mol. The van der Waals surface area contributed by atoms with Crippen molar-refractivity contribution >= 4 is 28.0 Å². The standard InChI is InChI=1S/C30H34N4O3S/c1-30(2)18-22-26(29(34-13-15-37-16-14-34)38-27(22)25(35)19-30)24-8-4-7-23(32-24)20-5-3-6-21(17-20)28(36)33-11-9-31-10-12-33/h3-8,17,31H,9-16,18-19H2,1-2H3. The topological polar surface area (TPSA) is 74.8 Å². The highest BCUT2D eigenvalue weighted by atomic mass is 32.1. The zero-order valence-corrected chi connectivity index (χ0v) is 22.9. The third-order valence-electron chi connectivity index (χ3n) is 7.65. The summed E-state index contributed by atoms with van der Waals surface area (Å²) in [6.07, 6.45) is 1.43. The van der Waals surface area contributed by atoms with E-state index < -0.39 is 0 Å². The monoisotopic (exact) mass is 530 g/mol. The molecule has 8 heteroatoms. The molecule has 2 fully saturated rings. The molecule has 3 aromatic rings. The Hall–Kier alpha value is -3.07. The molecule has 4 heterocycles. The Labute approximate surface area is 227 Å². The van der Waals surface area contributed by atoms with E-state index >= 15 is 0 Å². The predicted molar refractivity (Wildman–Crippen MR) is 151 cm³/mol. The fourth-order valence-corrected chi connectivity index (χ4v) is 7.07. The van der Waals surface area contributed by atoms with E-state index in [0.717, 1.165) is 83.6 Å². The molecule has 2 aliphatic heterocycles. The van der Waals surface area contributed by atoms with Crippen LogP contribution in [0.1, 0.15) is 45.9 Å². The molecule has 3 aliphatic rings. The van der Waals surface area contributed by atoms with Crippen molar-refractivity contribution in [2.24, 2.45) is 5.41 Å². The largest absolute Gasteiger partial charge is 0.378 e. The number of fused-ring (bicyclic) bond motifs is 1. The number of nitrogens with zero attached hydrogens (tertiary/aromatic N) is 3. The van der Waals surface area contributed by atoms with E-state index in [9.17, 15) is 9.59 Å². The van der Waals surface area contributed by atoms with Gasteiger partial charge < -0.3 is 19.9 Å². The van der Waals surface area contributed by atoms with E-state index in [1.807, 2.05) is 41.3 Å². The Balaban J connectivity index is 1.40. The molecule has 1 amide bonds. The van der Waals surface area contributed by atoms with Gasteiger partial charge in [-0.25, -0.2) is 4.98 Å². The van der Waals surface area contributed by atoms with Gasteiger partial charge >= 0.3 is 0 Å². The molecule has 38 heavy (non-hydrogen) atoms. The van der Waals surface area contributed by atoms with Gasteiger partial charge in [0.15, 0.2) is 5.78 Å². The van der Waals surface area contributed by atoms with Gasteiger partial charge in [0.25, 0.3) is 5.91 Å². The summed E-state index contributed by atoms with van der Waals surface area (Å²) in [4.78, 5) is 36.6. The lowest BCUT2D eigenvalue weighted by atomic mass is 9.75. The number of rotatable bonds is 4. The average Bonchev–Trinajstić information content (AvgIpc) is 3.32. The number of benzene rings is 1. The normalized spacial score (nSPS) is 19.4. The van der Waals surface area contributed by atoms with Crippen molar-refractivity contribution in [1.82, 2.24) is 15.2 Å². The van der Waals surface area contributed by atoms with Gasteiger partial charge in [-0.1, -0.05) is 32.0 Å². The molecule has 0 atom stereocenters. The molecule has 6 rings (SSSR count). The number of ketones is 1. The molecule has 1 N–H and O–H groups in total. The quantitative estimate of drug-likeness (QED) is 0.535. The first-order chi connectivity index (χ1) is 18.4. The molecule has 2 saturated heterocycles.